The molecule has 0 aromatic rings. The highest BCUT2D eigenvalue weighted by molar-refractivity contribution is 7.88. The van der Waals surface area contributed by atoms with Gasteiger partial charge in [-0.1, -0.05) is 20.8 Å². The highest BCUT2D eigenvalue weighted by Crippen LogP contribution is 2.24. The zero-order valence-electron chi connectivity index (χ0n) is 12.9. The molecule has 1 aliphatic heterocycles. The standard InChI is InChI=1S/C13H24N2O5S/c1-13(2,3)10(14-21(4,19)20)11(16)15-7-5-9(6-8-15)12(17)18/h9-10,14H,5-8H2,1-4H3,(H,17,18). The molecule has 0 spiro atoms. The van der Waals surface area contributed by atoms with E-state index in [0.717, 1.165) is 6.26 Å². The van der Waals surface area contributed by atoms with Crippen LogP contribution in [0.2, 0.25) is 0 Å². The van der Waals surface area contributed by atoms with Crippen LogP contribution < -0.4 is 4.72 Å². The average molecular weight is 320 g/mol. The normalized spacial score (nSPS) is 19.3. The monoisotopic (exact) mass is 320 g/mol. The minimum absolute atomic E-state index is 0.295. The Morgan fingerprint density at radius 2 is 1.71 bits per heavy atom. The van der Waals surface area contributed by atoms with Gasteiger partial charge in [-0.05, 0) is 18.3 Å². The van der Waals surface area contributed by atoms with E-state index in [-0.39, 0.29) is 5.91 Å². The molecule has 0 aromatic carbocycles. The van der Waals surface area contributed by atoms with E-state index in [1.54, 1.807) is 25.7 Å². The first kappa shape index (κ1) is 17.9. The lowest BCUT2D eigenvalue weighted by atomic mass is 9.86. The number of hydrogen-bond donors (Lipinski definition) is 2. The van der Waals surface area contributed by atoms with Gasteiger partial charge in [0.2, 0.25) is 15.9 Å². The molecule has 7 nitrogen and oxygen atoms in total. The number of piperidine rings is 1. The third kappa shape index (κ3) is 5.28. The molecule has 21 heavy (non-hydrogen) atoms. The fourth-order valence-electron chi connectivity index (χ4n) is 2.34. The van der Waals surface area contributed by atoms with Crippen molar-refractivity contribution in [2.45, 2.75) is 39.7 Å². The van der Waals surface area contributed by atoms with Crippen LogP contribution in [0.25, 0.3) is 0 Å². The SMILES string of the molecule is CC(C)(C)C(NS(C)(=O)=O)C(=O)N1CCC(C(=O)O)CC1. The zero-order chi connectivity index (χ0) is 16.4. The van der Waals surface area contributed by atoms with Crippen LogP contribution >= 0.6 is 0 Å². The molecule has 1 aliphatic rings. The van der Waals surface area contributed by atoms with Crippen LogP contribution in [0.3, 0.4) is 0 Å². The maximum absolute atomic E-state index is 12.6. The predicted molar refractivity (Wildman–Crippen MR) is 78.2 cm³/mol. The molecule has 1 fully saturated rings. The fourth-order valence-corrected chi connectivity index (χ4v) is 3.22. The lowest BCUT2D eigenvalue weighted by molar-refractivity contribution is -0.146. The summed E-state index contributed by atoms with van der Waals surface area (Å²) in [6.07, 6.45) is 1.82. The van der Waals surface area contributed by atoms with Gasteiger partial charge in [0, 0.05) is 13.1 Å². The van der Waals surface area contributed by atoms with Crippen molar-refractivity contribution >= 4 is 21.9 Å². The molecule has 1 amide bonds. The Morgan fingerprint density at radius 3 is 2.05 bits per heavy atom. The van der Waals surface area contributed by atoms with Gasteiger partial charge in [-0.15, -0.1) is 0 Å². The van der Waals surface area contributed by atoms with Crippen LogP contribution in [0.4, 0.5) is 0 Å². The highest BCUT2D eigenvalue weighted by atomic mass is 32.2. The molecule has 2 N–H and O–H groups in total. The van der Waals surface area contributed by atoms with E-state index in [1.165, 1.54) is 0 Å². The molecule has 0 bridgehead atoms. The van der Waals surface area contributed by atoms with E-state index in [0.29, 0.717) is 25.9 Å². The van der Waals surface area contributed by atoms with Crippen LogP contribution in [0.5, 0.6) is 0 Å². The number of amides is 1. The summed E-state index contributed by atoms with van der Waals surface area (Å²) in [7, 11) is -3.51. The van der Waals surface area contributed by atoms with E-state index in [2.05, 4.69) is 4.72 Å². The van der Waals surface area contributed by atoms with Crippen molar-refractivity contribution in [2.24, 2.45) is 11.3 Å². The van der Waals surface area contributed by atoms with Gasteiger partial charge in [0.15, 0.2) is 0 Å². The Balaban J connectivity index is 2.81. The molecular weight excluding hydrogens is 296 g/mol. The first-order valence-electron chi connectivity index (χ1n) is 6.90. The molecule has 0 aliphatic carbocycles. The molecule has 1 saturated heterocycles. The minimum Gasteiger partial charge on any atom is -0.481 e. The van der Waals surface area contributed by atoms with Gasteiger partial charge in [0.05, 0.1) is 12.2 Å². The number of nitrogens with zero attached hydrogens (tertiary/aromatic N) is 1. The highest BCUT2D eigenvalue weighted by Gasteiger charge is 2.38. The van der Waals surface area contributed by atoms with Crippen LogP contribution in [0, 0.1) is 11.3 Å². The second-order valence-corrected chi connectivity index (χ2v) is 8.41. The van der Waals surface area contributed by atoms with Crippen molar-refractivity contribution in [1.29, 1.82) is 0 Å². The van der Waals surface area contributed by atoms with E-state index in [4.69, 9.17) is 5.11 Å². The van der Waals surface area contributed by atoms with Crippen molar-refractivity contribution < 1.29 is 23.1 Å². The number of nitrogens with one attached hydrogen (secondary N) is 1. The molecule has 1 atom stereocenters. The van der Waals surface area contributed by atoms with Gasteiger partial charge < -0.3 is 10.0 Å². The molecule has 1 rings (SSSR count). The quantitative estimate of drug-likeness (QED) is 0.774. The number of aliphatic carboxylic acids is 1. The molecule has 0 radical (unpaired) electrons. The van der Waals surface area contributed by atoms with E-state index < -0.39 is 33.4 Å². The first-order chi connectivity index (χ1) is 9.42. The number of sulfonamides is 1. The summed E-state index contributed by atoms with van der Waals surface area (Å²) in [4.78, 5) is 25.0. The van der Waals surface area contributed by atoms with Crippen LogP contribution in [-0.2, 0) is 19.6 Å². The van der Waals surface area contributed by atoms with Gasteiger partial charge in [-0.25, -0.2) is 13.1 Å². The Morgan fingerprint density at radius 1 is 1.24 bits per heavy atom. The Hall–Kier alpha value is -1.15. The second kappa shape index (κ2) is 6.31. The van der Waals surface area contributed by atoms with Crippen molar-refractivity contribution in [3.05, 3.63) is 0 Å². The summed E-state index contributed by atoms with van der Waals surface area (Å²) in [5.41, 5.74) is -0.566. The maximum atomic E-state index is 12.6. The number of carbonyl (C=O) groups is 2. The molecular formula is C13H24N2O5S. The summed E-state index contributed by atoms with van der Waals surface area (Å²) in [5.74, 6) is -1.56. The summed E-state index contributed by atoms with van der Waals surface area (Å²) in [5, 5.41) is 8.96. The van der Waals surface area contributed by atoms with E-state index in [9.17, 15) is 18.0 Å². The number of hydrogen-bond acceptors (Lipinski definition) is 4. The molecule has 122 valence electrons. The van der Waals surface area contributed by atoms with Gasteiger partial charge in [-0.3, -0.25) is 9.59 Å². The smallest absolute Gasteiger partial charge is 0.306 e. The van der Waals surface area contributed by atoms with Crippen LogP contribution in [-0.4, -0.2) is 55.7 Å². The molecule has 0 aromatic heterocycles. The van der Waals surface area contributed by atoms with Crippen LogP contribution in [0.1, 0.15) is 33.6 Å². The van der Waals surface area contributed by atoms with Gasteiger partial charge in [0.1, 0.15) is 6.04 Å². The molecule has 1 heterocycles. The topological polar surface area (TPSA) is 104 Å². The van der Waals surface area contributed by atoms with E-state index in [1.807, 2.05) is 0 Å². The van der Waals surface area contributed by atoms with Crippen molar-refractivity contribution in [3.8, 4) is 0 Å². The van der Waals surface area contributed by atoms with E-state index >= 15 is 0 Å². The molecule has 1 unspecified atom stereocenters. The number of carboxylic acid groups (broad SMARTS) is 1. The van der Waals surface area contributed by atoms with Gasteiger partial charge in [-0.2, -0.15) is 0 Å². The van der Waals surface area contributed by atoms with Crippen LogP contribution in [0.15, 0.2) is 0 Å². The lowest BCUT2D eigenvalue weighted by Crippen LogP contribution is -2.56. The summed E-state index contributed by atoms with van der Waals surface area (Å²) < 4.78 is 25.3. The first-order valence-corrected chi connectivity index (χ1v) is 8.80. The third-order valence-corrected chi connectivity index (χ3v) is 4.26. The summed E-state index contributed by atoms with van der Waals surface area (Å²) in [6.45, 7) is 6.05. The average Bonchev–Trinajstić information content (AvgIpc) is 2.33. The number of carboxylic acids is 1. The fraction of sp³-hybridized carbons (Fsp3) is 0.846. The number of carbonyl (C=O) groups excluding carboxylic acids is 1. The molecule has 8 heteroatoms. The largest absolute Gasteiger partial charge is 0.481 e. The minimum atomic E-state index is -3.51. The maximum Gasteiger partial charge on any atom is 0.306 e. The van der Waals surface area contributed by atoms with Gasteiger partial charge in [0.25, 0.3) is 0 Å². The number of likely N-dealkylation sites (tertiary alicyclic amines) is 1. The van der Waals surface area contributed by atoms with Crippen molar-refractivity contribution in [2.75, 3.05) is 19.3 Å². The number of rotatable bonds is 4. The zero-order valence-corrected chi connectivity index (χ0v) is 13.7. The lowest BCUT2D eigenvalue weighted by Gasteiger charge is -2.37. The Bertz CT molecular complexity index is 501. The second-order valence-electron chi connectivity index (χ2n) is 6.63. The van der Waals surface area contributed by atoms with Crippen molar-refractivity contribution in [1.82, 2.24) is 9.62 Å². The summed E-state index contributed by atoms with van der Waals surface area (Å²) in [6, 6.07) is -0.853. The predicted octanol–water partition coefficient (Wildman–Crippen LogP) is 0.274. The molecule has 0 saturated carbocycles. The third-order valence-electron chi connectivity index (χ3n) is 3.60. The Labute approximate surface area is 125 Å². The van der Waals surface area contributed by atoms with Crippen molar-refractivity contribution in [3.63, 3.8) is 0 Å². The Kier molecular flexibility index (Phi) is 5.38. The summed E-state index contributed by atoms with van der Waals surface area (Å²) >= 11 is 0. The van der Waals surface area contributed by atoms with Gasteiger partial charge >= 0.3 is 5.97 Å².